The second-order valence-electron chi connectivity index (χ2n) is 5.49. The van der Waals surface area contributed by atoms with E-state index >= 15 is 0 Å². The fraction of sp³-hybridized carbons (Fsp3) is 0.429. The number of nitrogens with one attached hydrogen (secondary N) is 2. The largest absolute Gasteiger partial charge is 0.444 e. The maximum absolute atomic E-state index is 12.0. The Morgan fingerprint density at radius 1 is 1.33 bits per heavy atom. The van der Waals surface area contributed by atoms with Gasteiger partial charge in [-0.25, -0.2) is 4.79 Å². The molecule has 0 heterocycles. The standard InChI is InChI=1S/C14H18BrClN2O3/c1-8(17-13(20)21-14(2,3)4)12(19)18-9-5-6-11(16)10(15)7-9/h5-8H,1-4H3,(H,17,20)(H,18,19)/t8-/m0/s1. The Morgan fingerprint density at radius 3 is 2.48 bits per heavy atom. The number of rotatable bonds is 3. The molecule has 0 saturated carbocycles. The van der Waals surface area contributed by atoms with Gasteiger partial charge in [0.25, 0.3) is 0 Å². The minimum atomic E-state index is -0.727. The topological polar surface area (TPSA) is 67.4 Å². The van der Waals surface area contributed by atoms with Crippen LogP contribution in [0.4, 0.5) is 10.5 Å². The molecule has 0 aromatic heterocycles. The van der Waals surface area contributed by atoms with Crippen molar-refractivity contribution in [3.8, 4) is 0 Å². The number of amides is 2. The molecule has 1 aromatic rings. The monoisotopic (exact) mass is 376 g/mol. The molecule has 0 bridgehead atoms. The third kappa shape index (κ3) is 6.35. The van der Waals surface area contributed by atoms with Gasteiger partial charge in [-0.2, -0.15) is 0 Å². The minimum Gasteiger partial charge on any atom is -0.444 e. The number of halogens is 2. The van der Waals surface area contributed by atoms with Crippen LogP contribution in [0.15, 0.2) is 22.7 Å². The van der Waals surface area contributed by atoms with E-state index < -0.39 is 17.7 Å². The molecule has 0 unspecified atom stereocenters. The lowest BCUT2D eigenvalue weighted by molar-refractivity contribution is -0.117. The number of carbonyl (C=O) groups is 2. The van der Waals surface area contributed by atoms with Crippen molar-refractivity contribution < 1.29 is 14.3 Å². The Labute approximate surface area is 137 Å². The van der Waals surface area contributed by atoms with Crippen molar-refractivity contribution in [3.05, 3.63) is 27.7 Å². The first-order chi connectivity index (χ1) is 9.58. The van der Waals surface area contributed by atoms with E-state index in [-0.39, 0.29) is 5.91 Å². The summed E-state index contributed by atoms with van der Waals surface area (Å²) in [5.41, 5.74) is -0.0319. The maximum atomic E-state index is 12.0. The first-order valence-electron chi connectivity index (χ1n) is 6.34. The maximum Gasteiger partial charge on any atom is 0.408 e. The molecule has 0 radical (unpaired) electrons. The number of carbonyl (C=O) groups excluding carboxylic acids is 2. The van der Waals surface area contributed by atoms with Gasteiger partial charge in [0.05, 0.1) is 5.02 Å². The smallest absolute Gasteiger partial charge is 0.408 e. The highest BCUT2D eigenvalue weighted by molar-refractivity contribution is 9.10. The van der Waals surface area contributed by atoms with E-state index in [4.69, 9.17) is 16.3 Å². The Balaban J connectivity index is 2.58. The molecule has 0 saturated heterocycles. The van der Waals surface area contributed by atoms with Crippen molar-refractivity contribution in [2.45, 2.75) is 39.3 Å². The number of benzene rings is 1. The van der Waals surface area contributed by atoms with Gasteiger partial charge in [0.1, 0.15) is 11.6 Å². The number of hydrogen-bond acceptors (Lipinski definition) is 3. The number of anilines is 1. The molecule has 2 N–H and O–H groups in total. The fourth-order valence-corrected chi connectivity index (χ4v) is 1.87. The highest BCUT2D eigenvalue weighted by Crippen LogP contribution is 2.25. The van der Waals surface area contributed by atoms with Crippen LogP contribution in [-0.4, -0.2) is 23.6 Å². The summed E-state index contributed by atoms with van der Waals surface area (Å²) in [6.07, 6.45) is -0.637. The van der Waals surface area contributed by atoms with Crippen LogP contribution in [0, 0.1) is 0 Å². The first kappa shape index (κ1) is 17.8. The summed E-state index contributed by atoms with van der Waals surface area (Å²) in [7, 11) is 0. The molecule has 1 rings (SSSR count). The van der Waals surface area contributed by atoms with E-state index in [0.29, 0.717) is 15.2 Å². The molecule has 1 atom stereocenters. The van der Waals surface area contributed by atoms with E-state index in [1.54, 1.807) is 45.9 Å². The lowest BCUT2D eigenvalue weighted by Gasteiger charge is -2.21. The molecule has 7 heteroatoms. The van der Waals surface area contributed by atoms with Crippen LogP contribution in [-0.2, 0) is 9.53 Å². The van der Waals surface area contributed by atoms with Gasteiger partial charge >= 0.3 is 6.09 Å². The van der Waals surface area contributed by atoms with Crippen molar-refractivity contribution in [1.82, 2.24) is 5.32 Å². The SMILES string of the molecule is C[C@H](NC(=O)OC(C)(C)C)C(=O)Nc1ccc(Cl)c(Br)c1. The van der Waals surface area contributed by atoms with Gasteiger partial charge in [-0.1, -0.05) is 11.6 Å². The molecule has 0 aliphatic rings. The van der Waals surface area contributed by atoms with Crippen LogP contribution >= 0.6 is 27.5 Å². The first-order valence-corrected chi connectivity index (χ1v) is 7.51. The molecule has 0 aliphatic heterocycles. The van der Waals surface area contributed by atoms with Gasteiger partial charge in [0.2, 0.25) is 5.91 Å². The summed E-state index contributed by atoms with van der Waals surface area (Å²) in [6.45, 7) is 6.83. The number of alkyl carbamates (subject to hydrolysis) is 1. The van der Waals surface area contributed by atoms with Crippen LogP contribution in [0.25, 0.3) is 0 Å². The lowest BCUT2D eigenvalue weighted by atomic mass is 10.2. The molecule has 21 heavy (non-hydrogen) atoms. The fourth-order valence-electron chi connectivity index (χ4n) is 1.37. The molecule has 0 fully saturated rings. The molecule has 1 aromatic carbocycles. The number of ether oxygens (including phenoxy) is 1. The van der Waals surface area contributed by atoms with Crippen molar-refractivity contribution in [1.29, 1.82) is 0 Å². The zero-order chi connectivity index (χ0) is 16.2. The van der Waals surface area contributed by atoms with Crippen LogP contribution in [0.1, 0.15) is 27.7 Å². The average molecular weight is 378 g/mol. The highest BCUT2D eigenvalue weighted by Gasteiger charge is 2.21. The van der Waals surface area contributed by atoms with E-state index in [9.17, 15) is 9.59 Å². The average Bonchev–Trinajstić information content (AvgIpc) is 2.31. The molecule has 116 valence electrons. The lowest BCUT2D eigenvalue weighted by Crippen LogP contribution is -2.43. The molecule has 0 aliphatic carbocycles. The second kappa shape index (κ2) is 7.13. The van der Waals surface area contributed by atoms with Crippen molar-refractivity contribution >= 4 is 45.2 Å². The Morgan fingerprint density at radius 2 is 1.95 bits per heavy atom. The molecule has 0 spiro atoms. The van der Waals surface area contributed by atoms with Gasteiger partial charge in [0, 0.05) is 10.2 Å². The summed E-state index contributed by atoms with van der Waals surface area (Å²) in [6, 6.07) is 4.29. The summed E-state index contributed by atoms with van der Waals surface area (Å²) in [5.74, 6) is -0.352. The second-order valence-corrected chi connectivity index (χ2v) is 6.75. The van der Waals surface area contributed by atoms with Crippen molar-refractivity contribution in [2.24, 2.45) is 0 Å². The summed E-state index contributed by atoms with van der Waals surface area (Å²) >= 11 is 9.15. The Hall–Kier alpha value is -1.27. The summed E-state index contributed by atoms with van der Waals surface area (Å²) in [5, 5.41) is 5.70. The van der Waals surface area contributed by atoms with Crippen LogP contribution < -0.4 is 10.6 Å². The molecular weight excluding hydrogens is 360 g/mol. The van der Waals surface area contributed by atoms with E-state index in [0.717, 1.165) is 0 Å². The Kier molecular flexibility index (Phi) is 6.04. The molecule has 2 amide bonds. The van der Waals surface area contributed by atoms with Gasteiger partial charge < -0.3 is 15.4 Å². The number of hydrogen-bond donors (Lipinski definition) is 2. The molecular formula is C14H18BrClN2O3. The predicted octanol–water partition coefficient (Wildman–Crippen LogP) is 3.95. The van der Waals surface area contributed by atoms with Crippen LogP contribution in [0.2, 0.25) is 5.02 Å². The van der Waals surface area contributed by atoms with E-state index in [1.807, 2.05) is 0 Å². The van der Waals surface area contributed by atoms with Crippen LogP contribution in [0.3, 0.4) is 0 Å². The third-order valence-corrected chi connectivity index (χ3v) is 3.53. The van der Waals surface area contributed by atoms with E-state index in [1.165, 1.54) is 0 Å². The normalized spacial score (nSPS) is 12.5. The van der Waals surface area contributed by atoms with Gasteiger partial charge in [-0.15, -0.1) is 0 Å². The quantitative estimate of drug-likeness (QED) is 0.838. The van der Waals surface area contributed by atoms with E-state index in [2.05, 4.69) is 26.6 Å². The summed E-state index contributed by atoms with van der Waals surface area (Å²) in [4.78, 5) is 23.6. The zero-order valence-corrected chi connectivity index (χ0v) is 14.6. The Bertz CT molecular complexity index is 544. The van der Waals surface area contributed by atoms with Gasteiger partial charge in [-0.05, 0) is 61.8 Å². The van der Waals surface area contributed by atoms with Crippen LogP contribution in [0.5, 0.6) is 0 Å². The third-order valence-electron chi connectivity index (χ3n) is 2.31. The summed E-state index contributed by atoms with van der Waals surface area (Å²) < 4.78 is 5.76. The van der Waals surface area contributed by atoms with Gasteiger partial charge in [0.15, 0.2) is 0 Å². The minimum absolute atomic E-state index is 0.352. The highest BCUT2D eigenvalue weighted by atomic mass is 79.9. The van der Waals surface area contributed by atoms with Crippen molar-refractivity contribution in [2.75, 3.05) is 5.32 Å². The van der Waals surface area contributed by atoms with Gasteiger partial charge in [-0.3, -0.25) is 4.79 Å². The zero-order valence-electron chi connectivity index (χ0n) is 12.3. The van der Waals surface area contributed by atoms with Crippen molar-refractivity contribution in [3.63, 3.8) is 0 Å². The predicted molar refractivity (Wildman–Crippen MR) is 86.6 cm³/mol. The molecule has 5 nitrogen and oxygen atoms in total.